The first kappa shape index (κ1) is 9.56. The Morgan fingerprint density at radius 1 is 1.50 bits per heavy atom. The molecule has 56 valence electrons. The minimum Gasteiger partial charge on any atom is -0.211 e. The van der Waals surface area contributed by atoms with Crippen LogP contribution in [0.25, 0.3) is 0 Å². The molecule has 10 heavy (non-hydrogen) atoms. The first-order valence-corrected chi connectivity index (χ1v) is 3.39. The third kappa shape index (κ3) is 2.92. The molecule has 0 unspecified atom stereocenters. The molecule has 0 saturated heterocycles. The van der Waals surface area contributed by atoms with Crippen molar-refractivity contribution in [1.82, 2.24) is 0 Å². The van der Waals surface area contributed by atoms with Crippen molar-refractivity contribution >= 4 is 15.9 Å². The summed E-state index contributed by atoms with van der Waals surface area (Å²) in [5, 5.41) is 0. The van der Waals surface area contributed by atoms with Crippen LogP contribution in [0, 0.1) is 0 Å². The van der Waals surface area contributed by atoms with Gasteiger partial charge in [0.2, 0.25) is 0 Å². The van der Waals surface area contributed by atoms with Gasteiger partial charge in [0.05, 0.1) is 4.48 Å². The first-order chi connectivity index (χ1) is 4.59. The van der Waals surface area contributed by atoms with Crippen LogP contribution in [-0.4, -0.2) is 0 Å². The molecule has 0 spiro atoms. The van der Waals surface area contributed by atoms with Crippen LogP contribution in [0.3, 0.4) is 0 Å². The second-order valence-electron chi connectivity index (χ2n) is 1.60. The fourth-order valence-electron chi connectivity index (χ4n) is 0.341. The van der Waals surface area contributed by atoms with Gasteiger partial charge >= 0.3 is 0 Å². The van der Waals surface area contributed by atoms with Gasteiger partial charge in [0.1, 0.15) is 11.7 Å². The molecule has 0 radical (unpaired) electrons. The minimum absolute atomic E-state index is 0.160. The number of halogens is 3. The summed E-state index contributed by atoms with van der Waals surface area (Å²) in [6.07, 6.45) is 2.33. The van der Waals surface area contributed by atoms with Crippen LogP contribution in [0.5, 0.6) is 0 Å². The third-order valence-electron chi connectivity index (χ3n) is 0.776. The van der Waals surface area contributed by atoms with Crippen molar-refractivity contribution in [2.45, 2.75) is 6.92 Å². The summed E-state index contributed by atoms with van der Waals surface area (Å²) in [5.41, 5.74) is 0. The van der Waals surface area contributed by atoms with Crippen LogP contribution in [0.4, 0.5) is 8.78 Å². The van der Waals surface area contributed by atoms with Crippen LogP contribution in [-0.2, 0) is 0 Å². The van der Waals surface area contributed by atoms with E-state index in [0.29, 0.717) is 0 Å². The first-order valence-electron chi connectivity index (χ1n) is 2.60. The van der Waals surface area contributed by atoms with Gasteiger partial charge in [-0.25, -0.2) is 8.78 Å². The van der Waals surface area contributed by atoms with Gasteiger partial charge in [-0.3, -0.25) is 0 Å². The Morgan fingerprint density at radius 3 is 2.30 bits per heavy atom. The SMILES string of the molecule is C=C/C=C(F)\C(Br)=C(/C)F. The molecule has 3 heteroatoms. The van der Waals surface area contributed by atoms with Crippen LogP contribution >= 0.6 is 15.9 Å². The van der Waals surface area contributed by atoms with Gasteiger partial charge in [-0.05, 0) is 28.9 Å². The second-order valence-corrected chi connectivity index (χ2v) is 2.39. The zero-order valence-corrected chi connectivity index (χ0v) is 7.08. The molecule has 0 aromatic rings. The van der Waals surface area contributed by atoms with E-state index in [-0.39, 0.29) is 4.48 Å². The van der Waals surface area contributed by atoms with E-state index in [1.54, 1.807) is 0 Å². The Bertz CT molecular complexity index is 188. The topological polar surface area (TPSA) is 0 Å². The maximum atomic E-state index is 12.5. The quantitative estimate of drug-likeness (QED) is 0.609. The average Bonchev–Trinajstić information content (AvgIpc) is 1.87. The summed E-state index contributed by atoms with van der Waals surface area (Å²) >= 11 is 2.72. The summed E-state index contributed by atoms with van der Waals surface area (Å²) in [4.78, 5) is 0. The van der Waals surface area contributed by atoms with Gasteiger partial charge in [-0.1, -0.05) is 12.7 Å². The van der Waals surface area contributed by atoms with Crippen molar-refractivity contribution in [1.29, 1.82) is 0 Å². The molecule has 0 fully saturated rings. The Morgan fingerprint density at radius 2 is 2.00 bits per heavy atom. The number of allylic oxidation sites excluding steroid dienone is 5. The average molecular weight is 209 g/mol. The van der Waals surface area contributed by atoms with Gasteiger partial charge in [-0.2, -0.15) is 0 Å². The molecular weight excluding hydrogens is 202 g/mol. The number of hydrogen-bond donors (Lipinski definition) is 0. The van der Waals surface area contributed by atoms with Gasteiger partial charge in [0, 0.05) is 0 Å². The van der Waals surface area contributed by atoms with Gasteiger partial charge in [-0.15, -0.1) is 0 Å². The van der Waals surface area contributed by atoms with Crippen molar-refractivity contribution in [2.24, 2.45) is 0 Å². The second kappa shape index (κ2) is 4.39. The predicted octanol–water partition coefficient (Wildman–Crippen LogP) is 3.62. The molecular formula is C7H7BrF2. The van der Waals surface area contributed by atoms with E-state index >= 15 is 0 Å². The Kier molecular flexibility index (Phi) is 4.19. The molecule has 0 aliphatic rings. The highest BCUT2D eigenvalue weighted by Gasteiger charge is 2.02. The smallest absolute Gasteiger partial charge is 0.139 e. The van der Waals surface area contributed by atoms with E-state index in [9.17, 15) is 8.78 Å². The summed E-state index contributed by atoms with van der Waals surface area (Å²) in [7, 11) is 0. The van der Waals surface area contributed by atoms with Gasteiger partial charge in [0.15, 0.2) is 0 Å². The summed E-state index contributed by atoms with van der Waals surface area (Å²) in [6.45, 7) is 4.43. The highest BCUT2D eigenvalue weighted by atomic mass is 79.9. The standard InChI is InChI=1S/C7H7BrF2/c1-3-4-6(10)7(8)5(2)9/h3-4H,1H2,2H3/b6-4+,7-5-. The highest BCUT2D eigenvalue weighted by molar-refractivity contribution is 9.12. The van der Waals surface area contributed by atoms with Crippen LogP contribution < -0.4 is 0 Å². The van der Waals surface area contributed by atoms with Crippen molar-refractivity contribution in [3.63, 3.8) is 0 Å². The number of hydrogen-bond acceptors (Lipinski definition) is 0. The normalized spacial score (nSPS) is 14.6. The molecule has 0 aromatic carbocycles. The highest BCUT2D eigenvalue weighted by Crippen LogP contribution is 2.22. The third-order valence-corrected chi connectivity index (χ3v) is 1.70. The Labute approximate surface area is 67.1 Å². The Balaban J connectivity index is 4.51. The molecule has 0 aliphatic carbocycles. The van der Waals surface area contributed by atoms with Crippen LogP contribution in [0.2, 0.25) is 0 Å². The molecule has 0 aliphatic heterocycles. The zero-order chi connectivity index (χ0) is 8.15. The van der Waals surface area contributed by atoms with Crippen molar-refractivity contribution in [3.8, 4) is 0 Å². The molecule has 0 atom stereocenters. The lowest BCUT2D eigenvalue weighted by molar-refractivity contribution is 0.611. The molecule has 0 N–H and O–H groups in total. The Hall–Kier alpha value is -0.440. The number of rotatable bonds is 2. The van der Waals surface area contributed by atoms with E-state index < -0.39 is 11.7 Å². The van der Waals surface area contributed by atoms with E-state index in [1.807, 2.05) is 0 Å². The molecule has 0 amide bonds. The van der Waals surface area contributed by atoms with Crippen LogP contribution in [0.15, 0.2) is 34.9 Å². The van der Waals surface area contributed by atoms with Crippen LogP contribution in [0.1, 0.15) is 6.92 Å². The van der Waals surface area contributed by atoms with E-state index in [0.717, 1.165) is 6.08 Å². The molecule has 0 rings (SSSR count). The summed E-state index contributed by atoms with van der Waals surface area (Å²) in [5.74, 6) is -1.24. The lowest BCUT2D eigenvalue weighted by Crippen LogP contribution is -1.74. The molecule has 0 saturated carbocycles. The van der Waals surface area contributed by atoms with Gasteiger partial charge < -0.3 is 0 Å². The lowest BCUT2D eigenvalue weighted by atomic mass is 10.4. The van der Waals surface area contributed by atoms with E-state index in [4.69, 9.17) is 0 Å². The molecule has 0 nitrogen and oxygen atoms in total. The molecule has 0 bridgehead atoms. The largest absolute Gasteiger partial charge is 0.211 e. The van der Waals surface area contributed by atoms with Crippen molar-refractivity contribution < 1.29 is 8.78 Å². The zero-order valence-electron chi connectivity index (χ0n) is 5.50. The monoisotopic (exact) mass is 208 g/mol. The predicted molar refractivity (Wildman–Crippen MR) is 42.1 cm³/mol. The molecule has 0 aromatic heterocycles. The fraction of sp³-hybridized carbons (Fsp3) is 0.143. The van der Waals surface area contributed by atoms with Crippen molar-refractivity contribution in [2.75, 3.05) is 0 Å². The minimum atomic E-state index is -0.657. The van der Waals surface area contributed by atoms with E-state index in [1.165, 1.54) is 13.0 Å². The van der Waals surface area contributed by atoms with E-state index in [2.05, 4.69) is 22.5 Å². The fourth-order valence-corrected chi connectivity index (χ4v) is 0.473. The molecule has 0 heterocycles. The maximum Gasteiger partial charge on any atom is 0.139 e. The maximum absolute atomic E-state index is 12.5. The van der Waals surface area contributed by atoms with Crippen molar-refractivity contribution in [3.05, 3.63) is 34.9 Å². The summed E-state index contributed by atoms with van der Waals surface area (Å²) < 4.78 is 24.5. The van der Waals surface area contributed by atoms with Gasteiger partial charge in [0.25, 0.3) is 0 Å². The lowest BCUT2D eigenvalue weighted by Gasteiger charge is -1.92. The summed E-state index contributed by atoms with van der Waals surface area (Å²) in [6, 6.07) is 0.